The summed E-state index contributed by atoms with van der Waals surface area (Å²) < 4.78 is 5.03. The van der Waals surface area contributed by atoms with Crippen molar-refractivity contribution in [2.24, 2.45) is 11.7 Å². The predicted molar refractivity (Wildman–Crippen MR) is 74.2 cm³/mol. The molecule has 5 heteroatoms. The molecule has 19 heavy (non-hydrogen) atoms. The number of carbonyl (C=O) groups is 2. The maximum absolute atomic E-state index is 11.9. The van der Waals surface area contributed by atoms with Crippen LogP contribution >= 0.6 is 11.3 Å². The second-order valence-corrected chi connectivity index (χ2v) is 6.16. The largest absolute Gasteiger partial charge is 0.448 e. The van der Waals surface area contributed by atoms with Gasteiger partial charge in [-0.25, -0.2) is 4.79 Å². The van der Waals surface area contributed by atoms with Crippen LogP contribution in [-0.2, 0) is 22.4 Å². The van der Waals surface area contributed by atoms with Gasteiger partial charge in [-0.1, -0.05) is 13.3 Å². The van der Waals surface area contributed by atoms with E-state index in [0.29, 0.717) is 4.88 Å². The molecular weight excluding hydrogens is 262 g/mol. The molecule has 1 aromatic rings. The lowest BCUT2D eigenvalue weighted by atomic mass is 9.87. The molecule has 4 nitrogen and oxygen atoms in total. The Morgan fingerprint density at radius 2 is 2.32 bits per heavy atom. The number of carbonyl (C=O) groups excluding carboxylic acids is 2. The van der Waals surface area contributed by atoms with Gasteiger partial charge in [0.2, 0.25) is 0 Å². The van der Waals surface area contributed by atoms with Crippen LogP contribution in [0.2, 0.25) is 0 Å². The van der Waals surface area contributed by atoms with E-state index >= 15 is 0 Å². The Morgan fingerprint density at radius 1 is 1.58 bits per heavy atom. The van der Waals surface area contributed by atoms with E-state index in [1.165, 1.54) is 41.5 Å². The molecule has 1 amide bonds. The van der Waals surface area contributed by atoms with Crippen molar-refractivity contribution >= 4 is 23.2 Å². The molecule has 0 radical (unpaired) electrons. The molecule has 0 fully saturated rings. The first-order chi connectivity index (χ1) is 9.01. The van der Waals surface area contributed by atoms with Crippen LogP contribution in [0.5, 0.6) is 0 Å². The number of ether oxygens (including phenoxy) is 1. The molecule has 2 atom stereocenters. The maximum atomic E-state index is 11.9. The fraction of sp³-hybridized carbons (Fsp3) is 0.571. The second kappa shape index (κ2) is 5.74. The molecule has 0 saturated heterocycles. The highest BCUT2D eigenvalue weighted by Gasteiger charge is 2.24. The van der Waals surface area contributed by atoms with Gasteiger partial charge in [0.25, 0.3) is 5.91 Å². The molecule has 2 N–H and O–H groups in total. The van der Waals surface area contributed by atoms with E-state index < -0.39 is 18.0 Å². The Labute approximate surface area is 116 Å². The lowest BCUT2D eigenvalue weighted by Crippen LogP contribution is -2.30. The van der Waals surface area contributed by atoms with Gasteiger partial charge in [0.15, 0.2) is 6.10 Å². The number of primary amides is 1. The first-order valence-electron chi connectivity index (χ1n) is 6.63. The van der Waals surface area contributed by atoms with E-state index in [9.17, 15) is 9.59 Å². The summed E-state index contributed by atoms with van der Waals surface area (Å²) in [6.07, 6.45) is 3.57. The average Bonchev–Trinajstić information content (AvgIpc) is 2.81. The molecule has 0 saturated carbocycles. The van der Waals surface area contributed by atoms with Crippen molar-refractivity contribution in [2.45, 2.75) is 45.6 Å². The topological polar surface area (TPSA) is 69.4 Å². The van der Waals surface area contributed by atoms with Gasteiger partial charge in [-0.3, -0.25) is 4.79 Å². The Balaban J connectivity index is 2.08. The van der Waals surface area contributed by atoms with Crippen LogP contribution in [0.3, 0.4) is 0 Å². The fourth-order valence-corrected chi connectivity index (χ4v) is 3.42. The Bertz CT molecular complexity index is 495. The van der Waals surface area contributed by atoms with Crippen LogP contribution in [-0.4, -0.2) is 18.0 Å². The Kier molecular flexibility index (Phi) is 4.24. The van der Waals surface area contributed by atoms with Crippen LogP contribution < -0.4 is 5.73 Å². The first kappa shape index (κ1) is 14.1. The van der Waals surface area contributed by atoms with Crippen LogP contribution in [0.1, 0.15) is 46.8 Å². The summed E-state index contributed by atoms with van der Waals surface area (Å²) >= 11 is 1.48. The number of amides is 1. The van der Waals surface area contributed by atoms with Crippen molar-refractivity contribution in [1.29, 1.82) is 0 Å². The molecule has 0 spiro atoms. The standard InChI is InChI=1S/C14H19NO3S/c1-3-9-4-5-11-10(6-9)7-12(19-11)14(17)18-8(2)13(15)16/h7-9H,3-6H2,1-2H3,(H2,15,16)/t8-,9-/m1/s1. The molecule has 1 aliphatic carbocycles. The normalized spacial score (nSPS) is 19.6. The van der Waals surface area contributed by atoms with Crippen molar-refractivity contribution in [3.05, 3.63) is 21.4 Å². The number of hydrogen-bond donors (Lipinski definition) is 1. The highest BCUT2D eigenvalue weighted by Crippen LogP contribution is 2.33. The van der Waals surface area contributed by atoms with E-state index in [0.717, 1.165) is 18.8 Å². The van der Waals surface area contributed by atoms with Gasteiger partial charge < -0.3 is 10.5 Å². The minimum atomic E-state index is -0.880. The van der Waals surface area contributed by atoms with Crippen molar-refractivity contribution in [3.63, 3.8) is 0 Å². The number of hydrogen-bond acceptors (Lipinski definition) is 4. The third-order valence-electron chi connectivity index (χ3n) is 3.65. The smallest absolute Gasteiger partial charge is 0.349 e. The van der Waals surface area contributed by atoms with E-state index in [1.807, 2.05) is 6.07 Å². The predicted octanol–water partition coefficient (Wildman–Crippen LogP) is 2.29. The zero-order valence-electron chi connectivity index (χ0n) is 11.3. The van der Waals surface area contributed by atoms with Crippen molar-refractivity contribution in [2.75, 3.05) is 0 Å². The van der Waals surface area contributed by atoms with Crippen LogP contribution in [0, 0.1) is 5.92 Å². The minimum Gasteiger partial charge on any atom is -0.448 e. The van der Waals surface area contributed by atoms with Crippen LogP contribution in [0.25, 0.3) is 0 Å². The van der Waals surface area contributed by atoms with Gasteiger partial charge in [-0.2, -0.15) is 0 Å². The van der Waals surface area contributed by atoms with E-state index in [2.05, 4.69) is 6.92 Å². The summed E-state index contributed by atoms with van der Waals surface area (Å²) in [5, 5.41) is 0. The van der Waals surface area contributed by atoms with Crippen LogP contribution in [0.15, 0.2) is 6.07 Å². The number of esters is 1. The summed E-state index contributed by atoms with van der Waals surface area (Å²) in [5.41, 5.74) is 6.35. The number of nitrogens with two attached hydrogens (primary N) is 1. The zero-order chi connectivity index (χ0) is 14.0. The molecule has 0 aliphatic heterocycles. The van der Waals surface area contributed by atoms with Gasteiger partial charge in [-0.15, -0.1) is 11.3 Å². The molecule has 2 rings (SSSR count). The monoisotopic (exact) mass is 281 g/mol. The third-order valence-corrected chi connectivity index (χ3v) is 4.87. The lowest BCUT2D eigenvalue weighted by Gasteiger charge is -2.19. The minimum absolute atomic E-state index is 0.446. The highest BCUT2D eigenvalue weighted by atomic mass is 32.1. The first-order valence-corrected chi connectivity index (χ1v) is 7.44. The van der Waals surface area contributed by atoms with Gasteiger partial charge in [0.1, 0.15) is 4.88 Å². The fourth-order valence-electron chi connectivity index (χ4n) is 2.32. The molecule has 1 aliphatic rings. The molecular formula is C14H19NO3S. The maximum Gasteiger partial charge on any atom is 0.349 e. The number of thiophene rings is 1. The van der Waals surface area contributed by atoms with Gasteiger partial charge >= 0.3 is 5.97 Å². The van der Waals surface area contributed by atoms with E-state index in [1.54, 1.807) is 0 Å². The summed E-state index contributed by atoms with van der Waals surface area (Å²) in [6, 6.07) is 1.91. The molecule has 104 valence electrons. The van der Waals surface area contributed by atoms with Crippen molar-refractivity contribution < 1.29 is 14.3 Å². The van der Waals surface area contributed by atoms with Gasteiger partial charge in [0, 0.05) is 4.88 Å². The Morgan fingerprint density at radius 3 is 2.95 bits per heavy atom. The zero-order valence-corrected chi connectivity index (χ0v) is 12.1. The van der Waals surface area contributed by atoms with Gasteiger partial charge in [0.05, 0.1) is 0 Å². The highest BCUT2D eigenvalue weighted by molar-refractivity contribution is 7.14. The van der Waals surface area contributed by atoms with E-state index in [4.69, 9.17) is 10.5 Å². The van der Waals surface area contributed by atoms with Crippen molar-refractivity contribution in [1.82, 2.24) is 0 Å². The molecule has 0 aromatic carbocycles. The van der Waals surface area contributed by atoms with Crippen LogP contribution in [0.4, 0.5) is 0 Å². The quantitative estimate of drug-likeness (QED) is 0.861. The molecule has 1 aromatic heterocycles. The summed E-state index contributed by atoms with van der Waals surface area (Å²) in [7, 11) is 0. The average molecular weight is 281 g/mol. The molecule has 1 heterocycles. The van der Waals surface area contributed by atoms with E-state index in [-0.39, 0.29) is 0 Å². The molecule has 0 unspecified atom stereocenters. The van der Waals surface area contributed by atoms with Crippen molar-refractivity contribution in [3.8, 4) is 0 Å². The number of aryl methyl sites for hydroxylation is 1. The molecule has 0 bridgehead atoms. The summed E-state index contributed by atoms with van der Waals surface area (Å²) in [6.45, 7) is 3.69. The summed E-state index contributed by atoms with van der Waals surface area (Å²) in [4.78, 5) is 24.7. The SMILES string of the molecule is CC[C@@H]1CCc2sc(C(=O)O[C@H](C)C(N)=O)cc2C1. The second-order valence-electron chi connectivity index (χ2n) is 5.03. The Hall–Kier alpha value is -1.36. The number of fused-ring (bicyclic) bond motifs is 1. The third kappa shape index (κ3) is 3.15. The lowest BCUT2D eigenvalue weighted by molar-refractivity contribution is -0.125. The van der Waals surface area contributed by atoms with Gasteiger partial charge in [-0.05, 0) is 43.7 Å². The number of rotatable bonds is 4. The summed E-state index contributed by atoms with van der Waals surface area (Å²) in [5.74, 6) is -0.352.